The first kappa shape index (κ1) is 16.6. The summed E-state index contributed by atoms with van der Waals surface area (Å²) in [5, 5.41) is 3.33. The molecular formula is C16H27N3O. The third kappa shape index (κ3) is 6.15. The van der Waals surface area contributed by atoms with Crippen molar-refractivity contribution in [1.82, 2.24) is 15.2 Å². The van der Waals surface area contributed by atoms with E-state index in [0.29, 0.717) is 19.0 Å². The normalized spacial score (nSPS) is 10.8. The molecule has 4 nitrogen and oxygen atoms in total. The summed E-state index contributed by atoms with van der Waals surface area (Å²) in [6, 6.07) is 6.41. The molecule has 0 aliphatic carbocycles. The standard InChI is InChI=1S/C16H27N3O/c1-5-19(12-15-9-6-8-14(4)18-15)16(20)10-7-11-17-13(2)3/h6,8-9,13,17H,5,7,10-12H2,1-4H3. The highest BCUT2D eigenvalue weighted by Gasteiger charge is 2.12. The summed E-state index contributed by atoms with van der Waals surface area (Å²) in [5.74, 6) is 0.210. The molecule has 1 aromatic rings. The maximum atomic E-state index is 12.2. The predicted molar refractivity (Wildman–Crippen MR) is 82.4 cm³/mol. The van der Waals surface area contributed by atoms with Gasteiger partial charge in [0.1, 0.15) is 0 Å². The number of carbonyl (C=O) groups excluding carboxylic acids is 1. The number of nitrogens with one attached hydrogen (secondary N) is 1. The van der Waals surface area contributed by atoms with E-state index in [1.54, 1.807) is 0 Å². The monoisotopic (exact) mass is 277 g/mol. The molecule has 0 saturated heterocycles. The molecule has 4 heteroatoms. The number of carbonyl (C=O) groups is 1. The number of aryl methyl sites for hydroxylation is 1. The second-order valence-electron chi connectivity index (χ2n) is 5.39. The van der Waals surface area contributed by atoms with Gasteiger partial charge in [-0.3, -0.25) is 9.78 Å². The molecular weight excluding hydrogens is 250 g/mol. The number of hydrogen-bond donors (Lipinski definition) is 1. The highest BCUT2D eigenvalue weighted by atomic mass is 16.2. The van der Waals surface area contributed by atoms with Crippen LogP contribution in [0.4, 0.5) is 0 Å². The molecule has 1 rings (SSSR count). The van der Waals surface area contributed by atoms with Crippen LogP contribution in [0.3, 0.4) is 0 Å². The fourth-order valence-corrected chi connectivity index (χ4v) is 2.05. The average molecular weight is 277 g/mol. The van der Waals surface area contributed by atoms with E-state index in [9.17, 15) is 4.79 Å². The smallest absolute Gasteiger partial charge is 0.222 e. The van der Waals surface area contributed by atoms with Crippen molar-refractivity contribution < 1.29 is 4.79 Å². The van der Waals surface area contributed by atoms with Crippen LogP contribution in [0.1, 0.15) is 45.0 Å². The molecule has 1 amide bonds. The molecule has 0 aliphatic heterocycles. The lowest BCUT2D eigenvalue weighted by Crippen LogP contribution is -2.31. The van der Waals surface area contributed by atoms with Crippen molar-refractivity contribution in [2.24, 2.45) is 0 Å². The fourth-order valence-electron chi connectivity index (χ4n) is 2.05. The summed E-state index contributed by atoms with van der Waals surface area (Å²) in [6.45, 7) is 10.4. The van der Waals surface area contributed by atoms with Crippen molar-refractivity contribution in [3.8, 4) is 0 Å². The first-order valence-electron chi connectivity index (χ1n) is 7.46. The Bertz CT molecular complexity index is 418. The zero-order valence-corrected chi connectivity index (χ0v) is 13.1. The number of hydrogen-bond acceptors (Lipinski definition) is 3. The van der Waals surface area contributed by atoms with E-state index in [4.69, 9.17) is 0 Å². The minimum atomic E-state index is 0.210. The molecule has 0 atom stereocenters. The third-order valence-corrected chi connectivity index (χ3v) is 3.15. The number of aromatic nitrogens is 1. The van der Waals surface area contributed by atoms with Crippen molar-refractivity contribution in [1.29, 1.82) is 0 Å². The zero-order valence-electron chi connectivity index (χ0n) is 13.1. The van der Waals surface area contributed by atoms with Gasteiger partial charge in [0.25, 0.3) is 0 Å². The fraction of sp³-hybridized carbons (Fsp3) is 0.625. The summed E-state index contributed by atoms with van der Waals surface area (Å²) < 4.78 is 0. The van der Waals surface area contributed by atoms with Gasteiger partial charge in [-0.05, 0) is 38.9 Å². The SMILES string of the molecule is CCN(Cc1cccc(C)n1)C(=O)CCCNC(C)C. The first-order valence-corrected chi connectivity index (χ1v) is 7.46. The minimum absolute atomic E-state index is 0.210. The summed E-state index contributed by atoms with van der Waals surface area (Å²) in [4.78, 5) is 18.5. The van der Waals surface area contributed by atoms with Gasteiger partial charge in [-0.1, -0.05) is 19.9 Å². The van der Waals surface area contributed by atoms with Crippen LogP contribution >= 0.6 is 0 Å². The highest BCUT2D eigenvalue weighted by molar-refractivity contribution is 5.76. The Morgan fingerprint density at radius 3 is 2.75 bits per heavy atom. The van der Waals surface area contributed by atoms with Gasteiger partial charge in [0.05, 0.1) is 12.2 Å². The molecule has 0 aliphatic rings. The molecule has 0 spiro atoms. The Morgan fingerprint density at radius 1 is 1.40 bits per heavy atom. The molecule has 0 aromatic carbocycles. The Labute approximate surface area is 122 Å². The lowest BCUT2D eigenvalue weighted by atomic mass is 10.2. The Morgan fingerprint density at radius 2 is 2.15 bits per heavy atom. The topological polar surface area (TPSA) is 45.2 Å². The third-order valence-electron chi connectivity index (χ3n) is 3.15. The molecule has 112 valence electrons. The molecule has 0 fully saturated rings. The van der Waals surface area contributed by atoms with Crippen molar-refractivity contribution in [2.75, 3.05) is 13.1 Å². The Balaban J connectivity index is 2.43. The molecule has 0 unspecified atom stereocenters. The molecule has 1 N–H and O–H groups in total. The molecule has 1 heterocycles. The van der Waals surface area contributed by atoms with Crippen molar-refractivity contribution in [3.63, 3.8) is 0 Å². The second kappa shape index (κ2) is 8.69. The molecule has 1 aromatic heterocycles. The Kier molecular flexibility index (Phi) is 7.23. The Hall–Kier alpha value is -1.42. The van der Waals surface area contributed by atoms with Crippen molar-refractivity contribution >= 4 is 5.91 Å². The van der Waals surface area contributed by atoms with Gasteiger partial charge in [0, 0.05) is 24.7 Å². The highest BCUT2D eigenvalue weighted by Crippen LogP contribution is 2.06. The van der Waals surface area contributed by atoms with Gasteiger partial charge in [-0.15, -0.1) is 0 Å². The maximum absolute atomic E-state index is 12.2. The van der Waals surface area contributed by atoms with Crippen LogP contribution in [0.5, 0.6) is 0 Å². The number of pyridine rings is 1. The van der Waals surface area contributed by atoms with E-state index >= 15 is 0 Å². The van der Waals surface area contributed by atoms with E-state index in [1.807, 2.05) is 36.9 Å². The van der Waals surface area contributed by atoms with Gasteiger partial charge >= 0.3 is 0 Å². The molecule has 0 saturated carbocycles. The molecule has 0 bridgehead atoms. The van der Waals surface area contributed by atoms with Crippen LogP contribution in [0.15, 0.2) is 18.2 Å². The van der Waals surface area contributed by atoms with E-state index in [-0.39, 0.29) is 5.91 Å². The van der Waals surface area contributed by atoms with Crippen LogP contribution in [0, 0.1) is 6.92 Å². The summed E-state index contributed by atoms with van der Waals surface area (Å²) in [6.07, 6.45) is 1.48. The first-order chi connectivity index (χ1) is 9.52. The second-order valence-corrected chi connectivity index (χ2v) is 5.39. The van der Waals surface area contributed by atoms with Crippen LogP contribution in [-0.4, -0.2) is 34.9 Å². The summed E-state index contributed by atoms with van der Waals surface area (Å²) in [7, 11) is 0. The maximum Gasteiger partial charge on any atom is 0.222 e. The number of rotatable bonds is 8. The summed E-state index contributed by atoms with van der Waals surface area (Å²) in [5.41, 5.74) is 1.95. The lowest BCUT2D eigenvalue weighted by molar-refractivity contribution is -0.131. The van der Waals surface area contributed by atoms with E-state index in [1.165, 1.54) is 0 Å². The van der Waals surface area contributed by atoms with Crippen LogP contribution < -0.4 is 5.32 Å². The lowest BCUT2D eigenvalue weighted by Gasteiger charge is -2.21. The van der Waals surface area contributed by atoms with Crippen molar-refractivity contribution in [3.05, 3.63) is 29.6 Å². The van der Waals surface area contributed by atoms with Gasteiger partial charge < -0.3 is 10.2 Å². The minimum Gasteiger partial charge on any atom is -0.337 e. The zero-order chi connectivity index (χ0) is 15.0. The van der Waals surface area contributed by atoms with E-state index in [0.717, 1.165) is 30.9 Å². The quantitative estimate of drug-likeness (QED) is 0.743. The summed E-state index contributed by atoms with van der Waals surface area (Å²) >= 11 is 0. The van der Waals surface area contributed by atoms with Gasteiger partial charge in [-0.2, -0.15) is 0 Å². The van der Waals surface area contributed by atoms with E-state index in [2.05, 4.69) is 24.1 Å². The van der Waals surface area contributed by atoms with Crippen LogP contribution in [0.2, 0.25) is 0 Å². The van der Waals surface area contributed by atoms with Gasteiger partial charge in [-0.25, -0.2) is 0 Å². The van der Waals surface area contributed by atoms with Gasteiger partial charge in [0.2, 0.25) is 5.91 Å². The van der Waals surface area contributed by atoms with Crippen molar-refractivity contribution in [2.45, 2.75) is 53.1 Å². The molecule has 20 heavy (non-hydrogen) atoms. The number of nitrogens with zero attached hydrogens (tertiary/aromatic N) is 2. The average Bonchev–Trinajstić information content (AvgIpc) is 2.40. The van der Waals surface area contributed by atoms with Crippen LogP contribution in [-0.2, 0) is 11.3 Å². The molecule has 0 radical (unpaired) electrons. The largest absolute Gasteiger partial charge is 0.337 e. The van der Waals surface area contributed by atoms with E-state index < -0.39 is 0 Å². The number of amides is 1. The van der Waals surface area contributed by atoms with Gasteiger partial charge in [0.15, 0.2) is 0 Å². The van der Waals surface area contributed by atoms with Crippen LogP contribution in [0.25, 0.3) is 0 Å². The predicted octanol–water partition coefficient (Wildman–Crippen LogP) is 2.52.